The summed E-state index contributed by atoms with van der Waals surface area (Å²) in [7, 11) is 0. The lowest BCUT2D eigenvalue weighted by Crippen LogP contribution is -2.46. The zero-order valence-corrected chi connectivity index (χ0v) is 16.6. The van der Waals surface area contributed by atoms with Gasteiger partial charge in [0, 0.05) is 36.0 Å². The smallest absolute Gasteiger partial charge is 0.259 e. The summed E-state index contributed by atoms with van der Waals surface area (Å²) >= 11 is 0. The number of alkyl halides is 1. The molecule has 1 aliphatic rings. The molecule has 0 spiro atoms. The molecular weight excluding hydrogens is 371 g/mol. The maximum absolute atomic E-state index is 14.0. The Morgan fingerprint density at radius 3 is 2.45 bits per heavy atom. The number of anilines is 2. The van der Waals surface area contributed by atoms with Crippen LogP contribution in [-0.4, -0.2) is 44.2 Å². The van der Waals surface area contributed by atoms with Crippen molar-refractivity contribution >= 4 is 22.9 Å². The predicted octanol–water partition coefficient (Wildman–Crippen LogP) is 3.01. The Kier molecular flexibility index (Phi) is 4.64. The molecule has 0 saturated carbocycles. The Morgan fingerprint density at radius 1 is 1.17 bits per heavy atom. The zero-order valence-electron chi connectivity index (χ0n) is 16.6. The summed E-state index contributed by atoms with van der Waals surface area (Å²) in [6.45, 7) is 3.64. The maximum Gasteiger partial charge on any atom is 0.259 e. The number of nitrogen functional groups attached to an aromatic ring is 2. The molecule has 8 heteroatoms. The van der Waals surface area contributed by atoms with Crippen molar-refractivity contribution in [1.82, 2.24) is 19.5 Å². The molecule has 3 aromatic rings. The second kappa shape index (κ2) is 7.02. The van der Waals surface area contributed by atoms with E-state index in [4.69, 9.17) is 11.5 Å². The van der Waals surface area contributed by atoms with Crippen molar-refractivity contribution in [2.45, 2.75) is 38.3 Å². The first-order valence-corrected chi connectivity index (χ1v) is 9.72. The summed E-state index contributed by atoms with van der Waals surface area (Å²) in [4.78, 5) is 18.0. The average Bonchev–Trinajstić information content (AvgIpc) is 3.08. The van der Waals surface area contributed by atoms with E-state index in [-0.39, 0.29) is 5.92 Å². The fourth-order valence-electron chi connectivity index (χ4n) is 4.02. The first-order chi connectivity index (χ1) is 13.8. The van der Waals surface area contributed by atoms with E-state index in [2.05, 4.69) is 16.1 Å². The van der Waals surface area contributed by atoms with Crippen LogP contribution in [0, 0.1) is 0 Å². The van der Waals surface area contributed by atoms with E-state index >= 15 is 0 Å². The molecule has 1 amide bonds. The third kappa shape index (κ3) is 3.50. The lowest BCUT2D eigenvalue weighted by Gasteiger charge is -2.34. The Morgan fingerprint density at radius 2 is 1.83 bits per heavy atom. The number of halogens is 1. The van der Waals surface area contributed by atoms with Gasteiger partial charge in [0.25, 0.3) is 5.91 Å². The van der Waals surface area contributed by atoms with Gasteiger partial charge in [0.2, 0.25) is 0 Å². The van der Waals surface area contributed by atoms with Crippen molar-refractivity contribution in [2.75, 3.05) is 24.6 Å². The third-order valence-electron chi connectivity index (χ3n) is 5.54. The highest BCUT2D eigenvalue weighted by Crippen LogP contribution is 2.37. The first kappa shape index (κ1) is 19.2. The molecule has 1 fully saturated rings. The lowest BCUT2D eigenvalue weighted by atomic mass is 9.92. The summed E-state index contributed by atoms with van der Waals surface area (Å²) in [5.41, 5.74) is 14.6. The van der Waals surface area contributed by atoms with Crippen LogP contribution in [0.15, 0.2) is 36.7 Å². The van der Waals surface area contributed by atoms with Gasteiger partial charge in [-0.25, -0.2) is 13.9 Å². The maximum atomic E-state index is 14.0. The van der Waals surface area contributed by atoms with Crippen molar-refractivity contribution in [3.8, 4) is 11.1 Å². The Bertz CT molecular complexity index is 1050. The fraction of sp³-hybridized carbons (Fsp3) is 0.381. The minimum absolute atomic E-state index is 0.186. The van der Waals surface area contributed by atoms with Gasteiger partial charge >= 0.3 is 0 Å². The Hall–Kier alpha value is -3.16. The largest absolute Gasteiger partial charge is 0.399 e. The monoisotopic (exact) mass is 396 g/mol. The molecule has 7 nitrogen and oxygen atoms in total. The number of carbonyl (C=O) groups excluding carboxylic acids is 1. The summed E-state index contributed by atoms with van der Waals surface area (Å²) in [6, 6.07) is 9.69. The highest BCUT2D eigenvalue weighted by Gasteiger charge is 2.35. The van der Waals surface area contributed by atoms with Crippen LogP contribution in [0.3, 0.4) is 0 Å². The van der Waals surface area contributed by atoms with E-state index in [0.29, 0.717) is 24.6 Å². The van der Waals surface area contributed by atoms with Gasteiger partial charge in [0.1, 0.15) is 11.8 Å². The highest BCUT2D eigenvalue weighted by atomic mass is 19.1. The van der Waals surface area contributed by atoms with Crippen molar-refractivity contribution in [1.29, 1.82) is 0 Å². The van der Waals surface area contributed by atoms with Crippen LogP contribution in [0.4, 0.5) is 15.9 Å². The Balaban J connectivity index is 1.68. The predicted molar refractivity (Wildman–Crippen MR) is 111 cm³/mol. The van der Waals surface area contributed by atoms with Crippen molar-refractivity contribution in [3.63, 3.8) is 0 Å². The van der Waals surface area contributed by atoms with Crippen molar-refractivity contribution in [2.24, 2.45) is 0 Å². The van der Waals surface area contributed by atoms with Crippen molar-refractivity contribution in [3.05, 3.63) is 42.4 Å². The van der Waals surface area contributed by atoms with Gasteiger partial charge in [0.05, 0.1) is 0 Å². The molecule has 3 heterocycles. The number of hydrogen-bond acceptors (Lipinski definition) is 5. The number of benzene rings is 1. The highest BCUT2D eigenvalue weighted by molar-refractivity contribution is 5.88. The van der Waals surface area contributed by atoms with E-state index in [0.717, 1.165) is 35.2 Å². The van der Waals surface area contributed by atoms with E-state index in [1.807, 2.05) is 28.8 Å². The Labute approximate surface area is 168 Å². The zero-order chi connectivity index (χ0) is 20.8. The van der Waals surface area contributed by atoms with Crippen molar-refractivity contribution < 1.29 is 9.18 Å². The van der Waals surface area contributed by atoms with Crippen LogP contribution in [0.2, 0.25) is 0 Å². The molecule has 2 aromatic heterocycles. The van der Waals surface area contributed by atoms with E-state index in [1.165, 1.54) is 20.2 Å². The summed E-state index contributed by atoms with van der Waals surface area (Å²) in [5.74, 6) is 0.140. The molecule has 0 aliphatic carbocycles. The normalized spacial score (nSPS) is 15.8. The number of likely N-dealkylation sites (tertiary alicyclic amines) is 1. The van der Waals surface area contributed by atoms with Gasteiger partial charge in [-0.15, -0.1) is 0 Å². The minimum Gasteiger partial charge on any atom is -0.399 e. The van der Waals surface area contributed by atoms with Gasteiger partial charge in [-0.2, -0.15) is 5.10 Å². The number of nitrogens with two attached hydrogens (primary N) is 2. The van der Waals surface area contributed by atoms with Gasteiger partial charge in [-0.3, -0.25) is 4.79 Å². The topological polar surface area (TPSA) is 103 Å². The van der Waals surface area contributed by atoms with Crippen LogP contribution < -0.4 is 11.5 Å². The second-order valence-electron chi connectivity index (χ2n) is 8.05. The molecule has 0 atom stereocenters. The van der Waals surface area contributed by atoms with Crippen LogP contribution in [0.5, 0.6) is 0 Å². The second-order valence-corrected chi connectivity index (χ2v) is 8.05. The molecule has 0 unspecified atom stereocenters. The van der Waals surface area contributed by atoms with Gasteiger partial charge in [0.15, 0.2) is 11.5 Å². The van der Waals surface area contributed by atoms with E-state index in [1.54, 1.807) is 4.90 Å². The minimum atomic E-state index is -1.85. The molecule has 0 radical (unpaired) electrons. The number of nitrogens with zero attached hydrogens (tertiary/aromatic N) is 4. The number of carbonyl (C=O) groups is 1. The standard InChI is InChI=1S/C21H25FN6O/c1-21(2,22)20(29)27-9-7-14(8-10-27)17-11-16(13-3-5-15(23)6-4-13)18-19(24)25-12-26-28(17)18/h3-6,11-12,14H,7-10,23H2,1-2H3,(H2,24,25,26). The summed E-state index contributed by atoms with van der Waals surface area (Å²) in [5, 5.41) is 4.43. The molecule has 1 aromatic carbocycles. The quantitative estimate of drug-likeness (QED) is 0.663. The number of rotatable bonds is 3. The van der Waals surface area contributed by atoms with Crippen LogP contribution in [0.1, 0.15) is 38.3 Å². The fourth-order valence-corrected chi connectivity index (χ4v) is 4.02. The van der Waals surface area contributed by atoms with Gasteiger partial charge in [-0.1, -0.05) is 12.1 Å². The first-order valence-electron chi connectivity index (χ1n) is 9.72. The molecule has 1 saturated heterocycles. The van der Waals surface area contributed by atoms with E-state index in [9.17, 15) is 9.18 Å². The number of fused-ring (bicyclic) bond motifs is 1. The number of amides is 1. The molecule has 152 valence electrons. The SMILES string of the molecule is CC(C)(F)C(=O)N1CCC(c2cc(-c3ccc(N)cc3)c3c(N)ncnn23)CC1. The molecular formula is C21H25FN6O. The molecule has 29 heavy (non-hydrogen) atoms. The number of aromatic nitrogens is 3. The third-order valence-corrected chi connectivity index (χ3v) is 5.54. The molecule has 4 rings (SSSR count). The summed E-state index contributed by atoms with van der Waals surface area (Å²) in [6.07, 6.45) is 2.92. The number of piperidine rings is 1. The molecule has 4 N–H and O–H groups in total. The molecule has 1 aliphatic heterocycles. The van der Waals surface area contributed by atoms with Crippen LogP contribution in [-0.2, 0) is 4.79 Å². The van der Waals surface area contributed by atoms with Crippen LogP contribution in [0.25, 0.3) is 16.6 Å². The number of hydrogen-bond donors (Lipinski definition) is 2. The summed E-state index contributed by atoms with van der Waals surface area (Å²) < 4.78 is 15.9. The van der Waals surface area contributed by atoms with E-state index < -0.39 is 11.6 Å². The van der Waals surface area contributed by atoms with Gasteiger partial charge in [-0.05, 0) is 50.5 Å². The average molecular weight is 396 g/mol. The lowest BCUT2D eigenvalue weighted by molar-refractivity contribution is -0.143. The van der Waals surface area contributed by atoms with Gasteiger partial charge < -0.3 is 16.4 Å². The van der Waals surface area contributed by atoms with Crippen LogP contribution >= 0.6 is 0 Å². The molecule has 0 bridgehead atoms.